The summed E-state index contributed by atoms with van der Waals surface area (Å²) < 4.78 is 0. The number of nitrogens with zero attached hydrogens (tertiary/aromatic N) is 2. The maximum Gasteiger partial charge on any atom is 0.234 e. The van der Waals surface area contributed by atoms with Crippen molar-refractivity contribution in [3.8, 4) is 0 Å². The quantitative estimate of drug-likeness (QED) is 0.455. The highest BCUT2D eigenvalue weighted by Gasteiger charge is 2.28. The summed E-state index contributed by atoms with van der Waals surface area (Å²) in [5.41, 5.74) is 0. The van der Waals surface area contributed by atoms with Gasteiger partial charge in [0.2, 0.25) is 12.2 Å². The van der Waals surface area contributed by atoms with Crippen LogP contribution >= 0.6 is 0 Å². The van der Waals surface area contributed by atoms with Crippen LogP contribution in [0.5, 0.6) is 0 Å². The molecule has 0 N–H and O–H groups in total. The van der Waals surface area contributed by atoms with E-state index in [2.05, 4.69) is 9.98 Å². The predicted molar refractivity (Wildman–Crippen MR) is 42.2 cm³/mol. The van der Waals surface area contributed by atoms with E-state index in [1.807, 2.05) is 0 Å². The largest absolute Gasteiger partial charge is 0.234 e. The molecule has 0 radical (unpaired) electrons. The van der Waals surface area contributed by atoms with Crippen molar-refractivity contribution in [2.24, 2.45) is 21.8 Å². The van der Waals surface area contributed by atoms with Crippen molar-refractivity contribution in [3.05, 3.63) is 0 Å². The Morgan fingerprint density at radius 2 is 1.42 bits per heavy atom. The lowest BCUT2D eigenvalue weighted by Crippen LogP contribution is -2.27. The van der Waals surface area contributed by atoms with Crippen molar-refractivity contribution < 1.29 is 9.59 Å². The molecule has 4 nitrogen and oxygen atoms in total. The molecule has 0 spiro atoms. The van der Waals surface area contributed by atoms with Crippen LogP contribution in [0.15, 0.2) is 9.98 Å². The second kappa shape index (κ2) is 4.60. The van der Waals surface area contributed by atoms with Gasteiger partial charge in [0, 0.05) is 0 Å². The second-order valence-electron chi connectivity index (χ2n) is 3.07. The molecule has 0 atom stereocenters. The van der Waals surface area contributed by atoms with Gasteiger partial charge in [0.25, 0.3) is 0 Å². The van der Waals surface area contributed by atoms with Gasteiger partial charge in [-0.15, -0.1) is 0 Å². The molecular weight excluding hydrogens is 156 g/mol. The molecular formula is C8H10N2O2. The first kappa shape index (κ1) is 8.85. The fraction of sp³-hybridized carbons (Fsp3) is 0.750. The van der Waals surface area contributed by atoms with E-state index in [0.29, 0.717) is 24.9 Å². The average molecular weight is 166 g/mol. The molecule has 12 heavy (non-hydrogen) atoms. The van der Waals surface area contributed by atoms with Crippen LogP contribution < -0.4 is 0 Å². The molecule has 1 rings (SSSR count). The highest BCUT2D eigenvalue weighted by Crippen LogP contribution is 2.33. The van der Waals surface area contributed by atoms with Gasteiger partial charge in [0.15, 0.2) is 0 Å². The minimum Gasteiger partial charge on any atom is -0.211 e. The number of aliphatic imine (C=N–C) groups is 2. The summed E-state index contributed by atoms with van der Waals surface area (Å²) in [4.78, 5) is 26.5. The molecule has 0 aliphatic heterocycles. The summed E-state index contributed by atoms with van der Waals surface area (Å²) in [7, 11) is 0. The Hall–Kier alpha value is -1.24. The molecule has 4 heteroatoms. The lowest BCUT2D eigenvalue weighted by molar-refractivity contribution is 0.208. The van der Waals surface area contributed by atoms with E-state index < -0.39 is 0 Å². The summed E-state index contributed by atoms with van der Waals surface area (Å²) in [5.74, 6) is 0.997. The van der Waals surface area contributed by atoms with E-state index in [1.165, 1.54) is 12.2 Å². The Labute approximate surface area is 70.4 Å². The van der Waals surface area contributed by atoms with E-state index in [4.69, 9.17) is 0 Å². The smallest absolute Gasteiger partial charge is 0.211 e. The lowest BCUT2D eigenvalue weighted by atomic mass is 9.75. The standard InChI is InChI=1S/C8H10N2O2/c11-5-9-3-7-1-8(2-7)4-10-6-12/h7-8H,1-4H2. The van der Waals surface area contributed by atoms with Crippen molar-refractivity contribution in [2.45, 2.75) is 12.8 Å². The number of hydrogen-bond donors (Lipinski definition) is 0. The van der Waals surface area contributed by atoms with Crippen LogP contribution in [0.3, 0.4) is 0 Å². The van der Waals surface area contributed by atoms with Crippen molar-refractivity contribution in [1.29, 1.82) is 0 Å². The highest BCUT2D eigenvalue weighted by molar-refractivity contribution is 5.33. The Morgan fingerprint density at radius 3 is 1.75 bits per heavy atom. The number of carbonyl (C=O) groups excluding carboxylic acids is 2. The monoisotopic (exact) mass is 166 g/mol. The van der Waals surface area contributed by atoms with Crippen LogP contribution in [0.1, 0.15) is 12.8 Å². The maximum atomic E-state index is 9.74. The molecule has 1 aliphatic carbocycles. The van der Waals surface area contributed by atoms with Gasteiger partial charge >= 0.3 is 0 Å². The summed E-state index contributed by atoms with van der Waals surface area (Å²) in [6.07, 6.45) is 5.05. The zero-order valence-electron chi connectivity index (χ0n) is 6.69. The first-order valence-electron chi connectivity index (χ1n) is 3.94. The van der Waals surface area contributed by atoms with Gasteiger partial charge in [-0.25, -0.2) is 19.6 Å². The molecule has 0 aromatic rings. The highest BCUT2D eigenvalue weighted by atomic mass is 16.1. The van der Waals surface area contributed by atoms with Crippen LogP contribution in [0.25, 0.3) is 0 Å². The van der Waals surface area contributed by atoms with E-state index in [0.717, 1.165) is 12.8 Å². The second-order valence-corrected chi connectivity index (χ2v) is 3.07. The molecule has 1 fully saturated rings. The summed E-state index contributed by atoms with van der Waals surface area (Å²) in [5, 5.41) is 0. The van der Waals surface area contributed by atoms with Crippen molar-refractivity contribution in [1.82, 2.24) is 0 Å². The number of hydrogen-bond acceptors (Lipinski definition) is 4. The fourth-order valence-electron chi connectivity index (χ4n) is 1.50. The number of rotatable bonds is 4. The van der Waals surface area contributed by atoms with E-state index >= 15 is 0 Å². The minimum atomic E-state index is 0.498. The zero-order valence-corrected chi connectivity index (χ0v) is 6.69. The molecule has 1 aliphatic rings. The first-order valence-corrected chi connectivity index (χ1v) is 3.94. The van der Waals surface area contributed by atoms with E-state index in [-0.39, 0.29) is 0 Å². The van der Waals surface area contributed by atoms with Gasteiger partial charge in [-0.05, 0) is 24.7 Å². The Morgan fingerprint density at radius 1 is 1.00 bits per heavy atom. The van der Waals surface area contributed by atoms with E-state index in [1.54, 1.807) is 0 Å². The molecule has 0 unspecified atom stereocenters. The van der Waals surface area contributed by atoms with Crippen LogP contribution in [0.2, 0.25) is 0 Å². The van der Waals surface area contributed by atoms with E-state index in [9.17, 15) is 9.59 Å². The van der Waals surface area contributed by atoms with Crippen LogP contribution in [-0.4, -0.2) is 25.2 Å². The van der Waals surface area contributed by atoms with Gasteiger partial charge in [-0.3, -0.25) is 0 Å². The van der Waals surface area contributed by atoms with Crippen molar-refractivity contribution >= 4 is 12.2 Å². The van der Waals surface area contributed by atoms with Gasteiger partial charge in [-0.1, -0.05) is 0 Å². The third-order valence-electron chi connectivity index (χ3n) is 2.16. The minimum absolute atomic E-state index is 0.498. The maximum absolute atomic E-state index is 9.74. The van der Waals surface area contributed by atoms with Crippen LogP contribution in [0.4, 0.5) is 0 Å². The SMILES string of the molecule is O=C=NCC1CC(CN=C=O)C1. The average Bonchev–Trinajstić information content (AvgIpc) is 2.01. The molecule has 0 bridgehead atoms. The predicted octanol–water partition coefficient (Wildman–Crippen LogP) is 0.684. The third-order valence-corrected chi connectivity index (χ3v) is 2.16. The first-order chi connectivity index (χ1) is 5.86. The normalized spacial score (nSPS) is 26.3. The summed E-state index contributed by atoms with van der Waals surface area (Å²) in [6.45, 7) is 1.15. The number of isocyanates is 2. The molecule has 64 valence electrons. The van der Waals surface area contributed by atoms with Crippen LogP contribution in [-0.2, 0) is 9.59 Å². The van der Waals surface area contributed by atoms with Crippen LogP contribution in [0, 0.1) is 11.8 Å². The zero-order chi connectivity index (χ0) is 8.81. The Kier molecular flexibility index (Phi) is 3.39. The van der Waals surface area contributed by atoms with Gasteiger partial charge in [-0.2, -0.15) is 0 Å². The van der Waals surface area contributed by atoms with Gasteiger partial charge in [0.05, 0.1) is 13.1 Å². The fourth-order valence-corrected chi connectivity index (χ4v) is 1.50. The molecule has 0 aromatic carbocycles. The molecule has 0 aromatic heterocycles. The van der Waals surface area contributed by atoms with Crippen molar-refractivity contribution in [2.75, 3.05) is 13.1 Å². The summed E-state index contributed by atoms with van der Waals surface area (Å²) in [6, 6.07) is 0. The topological polar surface area (TPSA) is 58.9 Å². The van der Waals surface area contributed by atoms with Gasteiger partial charge in [0.1, 0.15) is 0 Å². The van der Waals surface area contributed by atoms with Gasteiger partial charge < -0.3 is 0 Å². The lowest BCUT2D eigenvalue weighted by Gasteiger charge is -2.32. The third kappa shape index (κ3) is 2.42. The van der Waals surface area contributed by atoms with Crippen molar-refractivity contribution in [3.63, 3.8) is 0 Å². The molecule has 0 amide bonds. The summed E-state index contributed by atoms with van der Waals surface area (Å²) >= 11 is 0. The Balaban J connectivity index is 2.11. The Bertz CT molecular complexity index is 209. The molecule has 0 heterocycles. The molecule has 1 saturated carbocycles. The molecule has 0 saturated heterocycles.